The van der Waals surface area contributed by atoms with Crippen molar-refractivity contribution in [3.05, 3.63) is 0 Å². The van der Waals surface area contributed by atoms with E-state index in [9.17, 15) is 20.1 Å². The molecule has 5 heteroatoms. The van der Waals surface area contributed by atoms with Gasteiger partial charge in [0.05, 0.1) is 18.8 Å². The summed E-state index contributed by atoms with van der Waals surface area (Å²) < 4.78 is 5.83. The lowest BCUT2D eigenvalue weighted by molar-refractivity contribution is -0.196. The highest BCUT2D eigenvalue weighted by molar-refractivity contribution is 5.82. The van der Waals surface area contributed by atoms with E-state index in [0.29, 0.717) is 18.3 Å². The molecule has 7 atom stereocenters. The smallest absolute Gasteiger partial charge is 0.138 e. The molecule has 0 aromatic rings. The molecular weight excluding hydrogens is 332 g/mol. The standard InChI is InChI=1S/C21H38O5/c1-3-5-7-9-15-11-17(23)16(10-14(15)8-6-4-2)19-12-18(24)21(25)20(13-22)26-19/h14-16,18-22,24-25H,3-13H2,1-2H3. The Morgan fingerprint density at radius 1 is 1.00 bits per heavy atom. The average molecular weight is 371 g/mol. The Hall–Kier alpha value is -0.490. The van der Waals surface area contributed by atoms with E-state index in [-0.39, 0.29) is 24.7 Å². The van der Waals surface area contributed by atoms with Gasteiger partial charge in [-0.15, -0.1) is 0 Å². The number of carbonyl (C=O) groups is 1. The normalized spacial score (nSPS) is 38.5. The van der Waals surface area contributed by atoms with Crippen LogP contribution in [0, 0.1) is 17.8 Å². The number of rotatable bonds is 9. The molecule has 2 aliphatic rings. The minimum atomic E-state index is -1.08. The quantitative estimate of drug-likeness (QED) is 0.543. The largest absolute Gasteiger partial charge is 0.394 e. The Balaban J connectivity index is 2.03. The first-order chi connectivity index (χ1) is 12.5. The van der Waals surface area contributed by atoms with Crippen molar-refractivity contribution in [2.24, 2.45) is 17.8 Å². The summed E-state index contributed by atoms with van der Waals surface area (Å²) in [5.74, 6) is 1.04. The third-order valence-corrected chi connectivity index (χ3v) is 6.43. The van der Waals surface area contributed by atoms with Crippen molar-refractivity contribution in [2.75, 3.05) is 6.61 Å². The third kappa shape index (κ3) is 5.51. The summed E-state index contributed by atoms with van der Waals surface area (Å²) in [7, 11) is 0. The van der Waals surface area contributed by atoms with Crippen LogP contribution in [0.2, 0.25) is 0 Å². The van der Waals surface area contributed by atoms with Gasteiger partial charge in [-0.05, 0) is 24.7 Å². The van der Waals surface area contributed by atoms with Crippen molar-refractivity contribution >= 4 is 5.78 Å². The lowest BCUT2D eigenvalue weighted by atomic mass is 9.67. The Bertz CT molecular complexity index is 427. The van der Waals surface area contributed by atoms with Gasteiger partial charge in [0.25, 0.3) is 0 Å². The highest BCUT2D eigenvalue weighted by atomic mass is 16.5. The predicted molar refractivity (Wildman–Crippen MR) is 101 cm³/mol. The molecule has 1 heterocycles. The molecule has 26 heavy (non-hydrogen) atoms. The van der Waals surface area contributed by atoms with Gasteiger partial charge in [0.15, 0.2) is 0 Å². The second-order valence-corrected chi connectivity index (χ2v) is 8.36. The molecule has 0 spiro atoms. The Labute approximate surface area is 158 Å². The molecule has 2 rings (SSSR count). The van der Waals surface area contributed by atoms with E-state index in [0.717, 1.165) is 25.7 Å². The van der Waals surface area contributed by atoms with Crippen molar-refractivity contribution in [3.8, 4) is 0 Å². The summed E-state index contributed by atoms with van der Waals surface area (Å²) in [6.07, 6.45) is 6.75. The van der Waals surface area contributed by atoms with Crippen LogP contribution in [0.25, 0.3) is 0 Å². The summed E-state index contributed by atoms with van der Waals surface area (Å²) in [6, 6.07) is 0. The highest BCUT2D eigenvalue weighted by Crippen LogP contribution is 2.41. The molecule has 1 aliphatic heterocycles. The number of aliphatic hydroxyl groups excluding tert-OH is 3. The van der Waals surface area contributed by atoms with Gasteiger partial charge in [-0.1, -0.05) is 52.4 Å². The van der Waals surface area contributed by atoms with Gasteiger partial charge in [-0.2, -0.15) is 0 Å². The van der Waals surface area contributed by atoms with Crippen molar-refractivity contribution in [1.82, 2.24) is 0 Å². The fourth-order valence-corrected chi connectivity index (χ4v) is 4.80. The van der Waals surface area contributed by atoms with E-state index < -0.39 is 24.4 Å². The topological polar surface area (TPSA) is 87.0 Å². The molecule has 0 bridgehead atoms. The van der Waals surface area contributed by atoms with Crippen LogP contribution in [0.1, 0.15) is 78.1 Å². The van der Waals surface area contributed by atoms with Crippen molar-refractivity contribution in [3.63, 3.8) is 0 Å². The SMILES string of the molecule is CCCCCC1CC(=O)C(C2CC(O)C(O)C(CO)O2)CC1CCCC. The molecule has 5 nitrogen and oxygen atoms in total. The van der Waals surface area contributed by atoms with E-state index in [2.05, 4.69) is 13.8 Å². The molecule has 0 aromatic carbocycles. The van der Waals surface area contributed by atoms with Gasteiger partial charge in [0, 0.05) is 18.8 Å². The first-order valence-corrected chi connectivity index (χ1v) is 10.7. The zero-order chi connectivity index (χ0) is 19.1. The maximum Gasteiger partial charge on any atom is 0.138 e. The zero-order valence-corrected chi connectivity index (χ0v) is 16.5. The highest BCUT2D eigenvalue weighted by Gasteiger charge is 2.45. The number of hydrogen-bond acceptors (Lipinski definition) is 5. The number of carbonyl (C=O) groups excluding carboxylic acids is 1. The second-order valence-electron chi connectivity index (χ2n) is 8.36. The molecule has 152 valence electrons. The fourth-order valence-electron chi connectivity index (χ4n) is 4.80. The number of unbranched alkanes of at least 4 members (excludes halogenated alkanes) is 3. The van der Waals surface area contributed by atoms with Crippen LogP contribution >= 0.6 is 0 Å². The maximum absolute atomic E-state index is 12.9. The van der Waals surface area contributed by atoms with Gasteiger partial charge in [-0.25, -0.2) is 0 Å². The van der Waals surface area contributed by atoms with Crippen LogP contribution < -0.4 is 0 Å². The van der Waals surface area contributed by atoms with Gasteiger partial charge in [-0.3, -0.25) is 4.79 Å². The first kappa shape index (κ1) is 21.8. The summed E-state index contributed by atoms with van der Waals surface area (Å²) >= 11 is 0. The number of Topliss-reactive ketones (excluding diaryl/α,β-unsaturated/α-hetero) is 1. The minimum Gasteiger partial charge on any atom is -0.394 e. The predicted octanol–water partition coefficient (Wildman–Crippen LogP) is 2.84. The van der Waals surface area contributed by atoms with E-state index in [4.69, 9.17) is 4.74 Å². The molecule has 2 fully saturated rings. The van der Waals surface area contributed by atoms with E-state index in [1.54, 1.807) is 0 Å². The van der Waals surface area contributed by atoms with Gasteiger partial charge in [0.2, 0.25) is 0 Å². The number of aliphatic hydroxyl groups is 3. The van der Waals surface area contributed by atoms with Crippen LogP contribution in [0.4, 0.5) is 0 Å². The van der Waals surface area contributed by atoms with E-state index in [1.807, 2.05) is 0 Å². The number of hydrogen-bond donors (Lipinski definition) is 3. The summed E-state index contributed by atoms with van der Waals surface area (Å²) in [6.45, 7) is 4.06. The number of ketones is 1. The Morgan fingerprint density at radius 3 is 2.35 bits per heavy atom. The Morgan fingerprint density at radius 2 is 1.69 bits per heavy atom. The summed E-state index contributed by atoms with van der Waals surface area (Å²) in [5.41, 5.74) is 0. The van der Waals surface area contributed by atoms with Gasteiger partial charge >= 0.3 is 0 Å². The second kappa shape index (κ2) is 10.7. The van der Waals surface area contributed by atoms with Crippen LogP contribution in [-0.4, -0.2) is 52.1 Å². The van der Waals surface area contributed by atoms with Gasteiger partial charge in [0.1, 0.15) is 18.0 Å². The maximum atomic E-state index is 12.9. The first-order valence-electron chi connectivity index (χ1n) is 10.7. The zero-order valence-electron chi connectivity index (χ0n) is 16.5. The molecule has 1 saturated carbocycles. The van der Waals surface area contributed by atoms with Crippen molar-refractivity contribution in [1.29, 1.82) is 0 Å². The molecule has 0 aromatic heterocycles. The fraction of sp³-hybridized carbons (Fsp3) is 0.952. The molecule has 7 unspecified atom stereocenters. The number of ether oxygens (including phenoxy) is 1. The molecule has 0 radical (unpaired) electrons. The third-order valence-electron chi connectivity index (χ3n) is 6.43. The molecule has 0 amide bonds. The van der Waals surface area contributed by atoms with Crippen LogP contribution in [0.15, 0.2) is 0 Å². The van der Waals surface area contributed by atoms with Crippen LogP contribution in [-0.2, 0) is 9.53 Å². The Kier molecular flexibility index (Phi) is 9.01. The van der Waals surface area contributed by atoms with E-state index in [1.165, 1.54) is 25.7 Å². The molecule has 1 aliphatic carbocycles. The van der Waals surface area contributed by atoms with Crippen molar-refractivity contribution < 1.29 is 24.9 Å². The molecular formula is C21H38O5. The summed E-state index contributed by atoms with van der Waals surface area (Å²) in [5, 5.41) is 29.5. The monoisotopic (exact) mass is 370 g/mol. The lowest BCUT2D eigenvalue weighted by Gasteiger charge is -2.43. The molecule has 1 saturated heterocycles. The molecule has 3 N–H and O–H groups in total. The van der Waals surface area contributed by atoms with Crippen molar-refractivity contribution in [2.45, 2.75) is 102 Å². The van der Waals surface area contributed by atoms with Gasteiger partial charge < -0.3 is 20.1 Å². The van der Waals surface area contributed by atoms with Crippen LogP contribution in [0.5, 0.6) is 0 Å². The summed E-state index contributed by atoms with van der Waals surface area (Å²) in [4.78, 5) is 12.9. The minimum absolute atomic E-state index is 0.213. The average Bonchev–Trinajstić information content (AvgIpc) is 2.63. The lowest BCUT2D eigenvalue weighted by Crippen LogP contribution is -2.53. The van der Waals surface area contributed by atoms with E-state index >= 15 is 0 Å². The van der Waals surface area contributed by atoms with Crippen LogP contribution in [0.3, 0.4) is 0 Å².